The third-order valence-electron chi connectivity index (χ3n) is 4.15. The van der Waals surface area contributed by atoms with E-state index >= 15 is 0 Å². The Kier molecular flexibility index (Phi) is 1.56. The van der Waals surface area contributed by atoms with Crippen LogP contribution in [0.25, 0.3) is 0 Å². The highest BCUT2D eigenvalue weighted by atomic mass is 32.2. The molecular weight excluding hydrogens is 192 g/mol. The van der Waals surface area contributed by atoms with Gasteiger partial charge in [-0.2, -0.15) is 11.8 Å². The highest BCUT2D eigenvalue weighted by Gasteiger charge is 2.56. The van der Waals surface area contributed by atoms with Crippen molar-refractivity contribution in [2.75, 3.05) is 11.5 Å². The Morgan fingerprint density at radius 2 is 2.07 bits per heavy atom. The molecular formula is C11H16N2S. The van der Waals surface area contributed by atoms with Gasteiger partial charge in [0.25, 0.3) is 0 Å². The lowest BCUT2D eigenvalue weighted by Crippen LogP contribution is -2.58. The molecule has 3 atom stereocenters. The average Bonchev–Trinajstić information content (AvgIpc) is 2.48. The number of nitrogens with zero attached hydrogens (tertiary/aromatic N) is 2. The Hall–Kier alpha value is -0.310. The van der Waals surface area contributed by atoms with Gasteiger partial charge in [0, 0.05) is 23.1 Å². The van der Waals surface area contributed by atoms with Gasteiger partial charge in [0.05, 0.1) is 5.54 Å². The molecule has 1 fully saturated rings. The number of rotatable bonds is 0. The van der Waals surface area contributed by atoms with Gasteiger partial charge in [0.15, 0.2) is 0 Å². The molecule has 0 saturated carbocycles. The molecule has 0 aromatic carbocycles. The summed E-state index contributed by atoms with van der Waals surface area (Å²) < 4.78 is 0. The Balaban J connectivity index is 2.20. The molecule has 0 N–H and O–H groups in total. The molecule has 0 radical (unpaired) electrons. The molecule has 4 aliphatic heterocycles. The molecule has 14 heavy (non-hydrogen) atoms. The van der Waals surface area contributed by atoms with E-state index in [-0.39, 0.29) is 11.1 Å². The SMILES string of the molecule is CC1=N[C@@]23CSC[C@H]2C[C@]1(C)N=C3C. The summed E-state index contributed by atoms with van der Waals surface area (Å²) in [5.41, 5.74) is 2.67. The Morgan fingerprint density at radius 3 is 2.86 bits per heavy atom. The van der Waals surface area contributed by atoms with Crippen LogP contribution in [0.3, 0.4) is 0 Å². The maximum atomic E-state index is 4.96. The predicted molar refractivity (Wildman–Crippen MR) is 62.8 cm³/mol. The second-order valence-electron chi connectivity index (χ2n) is 5.01. The first kappa shape index (κ1) is 8.96. The zero-order chi connectivity index (χ0) is 9.97. The largest absolute Gasteiger partial charge is 0.279 e. The van der Waals surface area contributed by atoms with Crippen molar-refractivity contribution in [3.8, 4) is 0 Å². The van der Waals surface area contributed by atoms with Crippen LogP contribution in [0, 0.1) is 5.92 Å². The molecule has 76 valence electrons. The quantitative estimate of drug-likeness (QED) is 0.599. The van der Waals surface area contributed by atoms with Crippen LogP contribution in [0.2, 0.25) is 0 Å². The average molecular weight is 208 g/mol. The fourth-order valence-electron chi connectivity index (χ4n) is 3.09. The molecule has 0 unspecified atom stereocenters. The van der Waals surface area contributed by atoms with Crippen LogP contribution >= 0.6 is 11.8 Å². The van der Waals surface area contributed by atoms with Gasteiger partial charge < -0.3 is 0 Å². The first-order valence-electron chi connectivity index (χ1n) is 5.28. The van der Waals surface area contributed by atoms with Crippen molar-refractivity contribution in [2.24, 2.45) is 15.9 Å². The second-order valence-corrected chi connectivity index (χ2v) is 6.04. The Bertz CT molecular complexity index is 360. The smallest absolute Gasteiger partial charge is 0.111 e. The van der Waals surface area contributed by atoms with Crippen molar-refractivity contribution in [3.63, 3.8) is 0 Å². The minimum absolute atomic E-state index is 0.0292. The molecule has 3 heteroatoms. The van der Waals surface area contributed by atoms with Crippen molar-refractivity contribution >= 4 is 23.2 Å². The van der Waals surface area contributed by atoms with Gasteiger partial charge >= 0.3 is 0 Å². The fourth-order valence-corrected chi connectivity index (χ4v) is 4.70. The zero-order valence-electron chi connectivity index (χ0n) is 9.00. The summed E-state index contributed by atoms with van der Waals surface area (Å²) in [6, 6.07) is 0. The first-order chi connectivity index (χ1) is 6.57. The highest BCUT2D eigenvalue weighted by molar-refractivity contribution is 7.99. The third-order valence-corrected chi connectivity index (χ3v) is 5.43. The maximum Gasteiger partial charge on any atom is 0.111 e. The highest BCUT2D eigenvalue weighted by Crippen LogP contribution is 2.50. The molecule has 2 nitrogen and oxygen atoms in total. The summed E-state index contributed by atoms with van der Waals surface area (Å²) in [5.74, 6) is 3.18. The Morgan fingerprint density at radius 1 is 1.29 bits per heavy atom. The lowest BCUT2D eigenvalue weighted by atomic mass is 9.68. The van der Waals surface area contributed by atoms with E-state index in [4.69, 9.17) is 9.98 Å². The minimum Gasteiger partial charge on any atom is -0.279 e. The van der Waals surface area contributed by atoms with Crippen LogP contribution < -0.4 is 0 Å². The lowest BCUT2D eigenvalue weighted by molar-refractivity contribution is 0.310. The molecule has 0 aromatic heterocycles. The fraction of sp³-hybridized carbons (Fsp3) is 0.818. The van der Waals surface area contributed by atoms with E-state index in [1.54, 1.807) is 0 Å². The topological polar surface area (TPSA) is 24.7 Å². The summed E-state index contributed by atoms with van der Waals surface area (Å²) in [6.07, 6.45) is 1.21. The van der Waals surface area contributed by atoms with E-state index in [9.17, 15) is 0 Å². The van der Waals surface area contributed by atoms with Gasteiger partial charge in [0.1, 0.15) is 5.54 Å². The molecule has 2 bridgehead atoms. The van der Waals surface area contributed by atoms with Gasteiger partial charge in [0.2, 0.25) is 0 Å². The standard InChI is InChI=1S/C11H16N2S/c1-7-10(3)4-9-5-14-6-11(9,13-7)8(2)12-10/h9H,4-6H2,1-3H3/t9-,10+,11-/m1/s1. The van der Waals surface area contributed by atoms with E-state index in [2.05, 4.69) is 20.8 Å². The third kappa shape index (κ3) is 0.848. The predicted octanol–water partition coefficient (Wildman–Crippen LogP) is 2.19. The lowest BCUT2D eigenvalue weighted by Gasteiger charge is -2.48. The van der Waals surface area contributed by atoms with E-state index in [0.29, 0.717) is 0 Å². The molecule has 0 aromatic rings. The Labute approximate surface area is 89.3 Å². The van der Waals surface area contributed by atoms with E-state index in [1.807, 2.05) is 11.8 Å². The summed E-state index contributed by atoms with van der Waals surface area (Å²) >= 11 is 2.05. The van der Waals surface area contributed by atoms with Crippen molar-refractivity contribution in [1.82, 2.24) is 0 Å². The maximum absolute atomic E-state index is 4.96. The van der Waals surface area contributed by atoms with Crippen LogP contribution in [0.4, 0.5) is 0 Å². The summed E-state index contributed by atoms with van der Waals surface area (Å²) in [5, 5.41) is 0. The van der Waals surface area contributed by atoms with Crippen molar-refractivity contribution in [2.45, 2.75) is 38.3 Å². The van der Waals surface area contributed by atoms with Crippen molar-refractivity contribution in [1.29, 1.82) is 0 Å². The van der Waals surface area contributed by atoms with Crippen LogP contribution in [0.1, 0.15) is 27.2 Å². The molecule has 4 rings (SSSR count). The molecule has 1 saturated heterocycles. The monoisotopic (exact) mass is 208 g/mol. The van der Waals surface area contributed by atoms with Gasteiger partial charge in [-0.15, -0.1) is 0 Å². The van der Waals surface area contributed by atoms with Crippen LogP contribution in [0.15, 0.2) is 9.98 Å². The number of aliphatic imine (C=N–C) groups is 2. The summed E-state index contributed by atoms with van der Waals surface area (Å²) in [7, 11) is 0. The minimum atomic E-state index is 0.0292. The van der Waals surface area contributed by atoms with Crippen LogP contribution in [-0.4, -0.2) is 34.0 Å². The molecule has 0 amide bonds. The van der Waals surface area contributed by atoms with Gasteiger partial charge in [-0.1, -0.05) is 0 Å². The zero-order valence-corrected chi connectivity index (χ0v) is 9.82. The summed E-state index contributed by atoms with van der Waals surface area (Å²) in [4.78, 5) is 9.83. The van der Waals surface area contributed by atoms with Crippen LogP contribution in [-0.2, 0) is 0 Å². The number of hydrogen-bond acceptors (Lipinski definition) is 3. The van der Waals surface area contributed by atoms with Gasteiger partial charge in [-0.25, -0.2) is 0 Å². The van der Waals surface area contributed by atoms with E-state index in [1.165, 1.54) is 23.6 Å². The number of thioether (sulfide) groups is 1. The number of hydrogen-bond donors (Lipinski definition) is 0. The molecule has 0 aliphatic carbocycles. The van der Waals surface area contributed by atoms with E-state index < -0.39 is 0 Å². The normalized spacial score (nSPS) is 50.1. The van der Waals surface area contributed by atoms with Crippen molar-refractivity contribution in [3.05, 3.63) is 0 Å². The summed E-state index contributed by atoms with van der Waals surface area (Å²) in [6.45, 7) is 6.56. The van der Waals surface area contributed by atoms with Gasteiger partial charge in [-0.05, 0) is 32.9 Å². The first-order valence-corrected chi connectivity index (χ1v) is 6.44. The van der Waals surface area contributed by atoms with Gasteiger partial charge in [-0.3, -0.25) is 9.98 Å². The second kappa shape index (κ2) is 2.43. The molecule has 4 aliphatic rings. The van der Waals surface area contributed by atoms with Crippen molar-refractivity contribution < 1.29 is 0 Å². The van der Waals surface area contributed by atoms with Crippen LogP contribution in [0.5, 0.6) is 0 Å². The van der Waals surface area contributed by atoms with E-state index in [0.717, 1.165) is 11.7 Å². The molecule has 1 spiro atoms. The molecule has 4 heterocycles.